The highest BCUT2D eigenvalue weighted by molar-refractivity contribution is 6.67. The highest BCUT2D eigenvalue weighted by Crippen LogP contribution is 2.66. The summed E-state index contributed by atoms with van der Waals surface area (Å²) < 4.78 is 0. The van der Waals surface area contributed by atoms with Gasteiger partial charge in [0.2, 0.25) is 0 Å². The Hall–Kier alpha value is -0.195. The summed E-state index contributed by atoms with van der Waals surface area (Å²) in [6.45, 7) is 17.6. The average Bonchev–Trinajstić information content (AvgIpc) is 2.33. The van der Waals surface area contributed by atoms with Crippen LogP contribution in [0, 0.1) is 5.41 Å². The predicted molar refractivity (Wildman–Crippen MR) is 74.4 cm³/mol. The van der Waals surface area contributed by atoms with E-state index >= 15 is 0 Å². The molecule has 1 heteroatoms. The second kappa shape index (κ2) is 3.65. The summed E-state index contributed by atoms with van der Waals surface area (Å²) >= 11 is 0. The Kier molecular flexibility index (Phi) is 2.80. The molecule has 3 atom stereocenters. The molecule has 2 aliphatic rings. The molecule has 2 aliphatic heterocycles. The molecule has 0 N–H and O–H groups in total. The molecule has 0 amide bonds. The minimum Gasteiger partial charge on any atom is -0.0997 e. The number of hydrogen-bond acceptors (Lipinski definition) is 0. The summed E-state index contributed by atoms with van der Waals surface area (Å²) in [5.41, 5.74) is 2.00. The zero-order chi connectivity index (χ0) is 12.1. The third-order valence-electron chi connectivity index (χ3n) is 6.02. The first-order chi connectivity index (χ1) is 7.34. The van der Waals surface area contributed by atoms with Crippen molar-refractivity contribution in [3.05, 3.63) is 12.2 Å². The van der Waals surface area contributed by atoms with Crippen LogP contribution >= 0.6 is 0 Å². The van der Waals surface area contributed by atoms with Crippen LogP contribution in [0.5, 0.6) is 0 Å². The highest BCUT2D eigenvalue weighted by Gasteiger charge is 2.58. The van der Waals surface area contributed by atoms with Gasteiger partial charge in [0.25, 0.3) is 0 Å². The fourth-order valence-corrected chi connectivity index (χ4v) is 4.87. The topological polar surface area (TPSA) is 0 Å². The van der Waals surface area contributed by atoms with Gasteiger partial charge in [-0.15, -0.1) is 0 Å². The monoisotopic (exact) mass is 218 g/mol. The standard InChI is InChI=1S/C15H27B/c1-7-13-11(2)15(6)10-8-9-14(4,5)16(13)12(15)3/h12-13H,2,7-10H2,1,3-6H3. The molecule has 0 radical (unpaired) electrons. The van der Waals surface area contributed by atoms with Crippen LogP contribution in [-0.4, -0.2) is 6.71 Å². The van der Waals surface area contributed by atoms with Gasteiger partial charge < -0.3 is 0 Å². The fraction of sp³-hybridized carbons (Fsp3) is 0.867. The Morgan fingerprint density at radius 2 is 1.94 bits per heavy atom. The van der Waals surface area contributed by atoms with Gasteiger partial charge in [0.15, 0.2) is 6.71 Å². The average molecular weight is 218 g/mol. The smallest absolute Gasteiger partial charge is 0.0997 e. The number of hydrogen-bond donors (Lipinski definition) is 0. The van der Waals surface area contributed by atoms with Crippen LogP contribution < -0.4 is 0 Å². The van der Waals surface area contributed by atoms with Crippen molar-refractivity contribution in [2.24, 2.45) is 5.41 Å². The molecule has 0 spiro atoms. The molecule has 0 aromatic heterocycles. The fourth-order valence-electron chi connectivity index (χ4n) is 4.87. The van der Waals surface area contributed by atoms with Crippen LogP contribution in [0.1, 0.15) is 60.3 Å². The van der Waals surface area contributed by atoms with Gasteiger partial charge in [0.1, 0.15) is 0 Å². The summed E-state index contributed by atoms with van der Waals surface area (Å²) in [5.74, 6) is 1.60. The van der Waals surface area contributed by atoms with Gasteiger partial charge >= 0.3 is 0 Å². The zero-order valence-electron chi connectivity index (χ0n) is 11.8. The summed E-state index contributed by atoms with van der Waals surface area (Å²) in [5, 5.41) is 0.511. The lowest BCUT2D eigenvalue weighted by molar-refractivity contribution is 0.349. The largest absolute Gasteiger partial charge is 0.157 e. The van der Waals surface area contributed by atoms with Crippen molar-refractivity contribution in [3.8, 4) is 0 Å². The lowest BCUT2D eigenvalue weighted by Gasteiger charge is -2.35. The molecule has 2 bridgehead atoms. The number of rotatable bonds is 1. The molecule has 90 valence electrons. The van der Waals surface area contributed by atoms with Crippen molar-refractivity contribution in [1.29, 1.82) is 0 Å². The van der Waals surface area contributed by atoms with Crippen LogP contribution in [0.15, 0.2) is 12.2 Å². The minimum absolute atomic E-state index is 0.430. The minimum atomic E-state index is 0.430. The maximum Gasteiger partial charge on any atom is 0.157 e. The first-order valence-electron chi connectivity index (χ1n) is 7.04. The summed E-state index contributed by atoms with van der Waals surface area (Å²) in [6.07, 6.45) is 5.44. The summed E-state index contributed by atoms with van der Waals surface area (Å²) in [4.78, 5) is 0. The molecule has 2 saturated heterocycles. The molecule has 2 fully saturated rings. The molecule has 0 saturated carbocycles. The summed E-state index contributed by atoms with van der Waals surface area (Å²) in [7, 11) is 0. The highest BCUT2D eigenvalue weighted by atomic mass is 14.5. The second-order valence-corrected chi connectivity index (χ2v) is 7.11. The van der Waals surface area contributed by atoms with Crippen LogP contribution in [0.25, 0.3) is 0 Å². The molecule has 0 aromatic carbocycles. The van der Waals surface area contributed by atoms with Crippen LogP contribution in [0.3, 0.4) is 0 Å². The van der Waals surface area contributed by atoms with Crippen molar-refractivity contribution in [3.63, 3.8) is 0 Å². The van der Waals surface area contributed by atoms with Crippen molar-refractivity contribution < 1.29 is 0 Å². The van der Waals surface area contributed by atoms with Crippen molar-refractivity contribution >= 4 is 6.71 Å². The maximum absolute atomic E-state index is 4.48. The lowest BCUT2D eigenvalue weighted by atomic mass is 9.24. The van der Waals surface area contributed by atoms with E-state index in [1.807, 2.05) is 0 Å². The Bertz CT molecular complexity index is 305. The van der Waals surface area contributed by atoms with E-state index in [0.29, 0.717) is 10.7 Å². The molecule has 0 nitrogen and oxygen atoms in total. The van der Waals surface area contributed by atoms with Gasteiger partial charge in [0, 0.05) is 0 Å². The lowest BCUT2D eigenvalue weighted by Crippen LogP contribution is -2.32. The number of allylic oxidation sites excluding steroid dienone is 1. The van der Waals surface area contributed by atoms with Crippen LogP contribution in [-0.2, 0) is 0 Å². The van der Waals surface area contributed by atoms with Gasteiger partial charge in [-0.05, 0) is 17.7 Å². The van der Waals surface area contributed by atoms with Crippen molar-refractivity contribution in [2.45, 2.75) is 77.3 Å². The van der Waals surface area contributed by atoms with Gasteiger partial charge in [-0.1, -0.05) is 77.2 Å². The first-order valence-corrected chi connectivity index (χ1v) is 7.04. The van der Waals surface area contributed by atoms with Gasteiger partial charge in [-0.25, -0.2) is 0 Å². The normalized spacial score (nSPS) is 42.3. The van der Waals surface area contributed by atoms with E-state index in [2.05, 4.69) is 41.2 Å². The SMILES string of the molecule is C=C1C(CC)B2C(C)C1(C)CCCC2(C)C. The number of fused-ring (bicyclic) bond motifs is 2. The first kappa shape index (κ1) is 12.3. The third kappa shape index (κ3) is 1.43. The second-order valence-electron chi connectivity index (χ2n) is 7.11. The van der Waals surface area contributed by atoms with E-state index in [0.717, 1.165) is 18.3 Å². The Labute approximate surface area is 102 Å². The Morgan fingerprint density at radius 3 is 2.50 bits per heavy atom. The zero-order valence-corrected chi connectivity index (χ0v) is 11.8. The third-order valence-corrected chi connectivity index (χ3v) is 6.02. The van der Waals surface area contributed by atoms with Crippen LogP contribution in [0.4, 0.5) is 0 Å². The molecule has 16 heavy (non-hydrogen) atoms. The van der Waals surface area contributed by atoms with E-state index in [4.69, 9.17) is 0 Å². The van der Waals surface area contributed by atoms with Gasteiger partial charge in [-0.2, -0.15) is 0 Å². The molecular formula is C15H27B. The van der Waals surface area contributed by atoms with Crippen LogP contribution in [0.2, 0.25) is 16.9 Å². The molecule has 3 unspecified atom stereocenters. The Balaban J connectivity index is 2.47. The maximum atomic E-state index is 4.48. The quantitative estimate of drug-likeness (QED) is 0.419. The van der Waals surface area contributed by atoms with E-state index < -0.39 is 0 Å². The molecule has 2 rings (SSSR count). The molecule has 0 aromatic rings. The molecule has 0 aliphatic carbocycles. The molecule has 2 heterocycles. The van der Waals surface area contributed by atoms with Crippen molar-refractivity contribution in [1.82, 2.24) is 0 Å². The van der Waals surface area contributed by atoms with E-state index in [1.54, 1.807) is 5.57 Å². The van der Waals surface area contributed by atoms with E-state index in [-0.39, 0.29) is 0 Å². The van der Waals surface area contributed by atoms with E-state index in [9.17, 15) is 0 Å². The summed E-state index contributed by atoms with van der Waals surface area (Å²) in [6, 6.07) is 0. The predicted octanol–water partition coefficient (Wildman–Crippen LogP) is 5.19. The molecular weight excluding hydrogens is 191 g/mol. The van der Waals surface area contributed by atoms with E-state index in [1.165, 1.54) is 25.7 Å². The van der Waals surface area contributed by atoms with Crippen molar-refractivity contribution in [2.75, 3.05) is 0 Å². The van der Waals surface area contributed by atoms with Gasteiger partial charge in [0.05, 0.1) is 0 Å². The van der Waals surface area contributed by atoms with Gasteiger partial charge in [-0.3, -0.25) is 0 Å². The Morgan fingerprint density at radius 1 is 1.31 bits per heavy atom.